The summed E-state index contributed by atoms with van der Waals surface area (Å²) in [5.74, 6) is 0.936. The van der Waals surface area contributed by atoms with Crippen LogP contribution in [0.3, 0.4) is 0 Å². The topological polar surface area (TPSA) is 78.9 Å². The number of hydrogen-bond acceptors (Lipinski definition) is 6. The Morgan fingerprint density at radius 3 is 2.45 bits per heavy atom. The molecule has 3 fully saturated rings. The molecule has 4 heterocycles. The molecule has 3 aliphatic rings. The Bertz CT molecular complexity index is 994. The van der Waals surface area contributed by atoms with Gasteiger partial charge in [-0.1, -0.05) is 37.3 Å². The highest BCUT2D eigenvalue weighted by Gasteiger charge is 2.49. The normalized spacial score (nSPS) is 25.0. The Morgan fingerprint density at radius 2 is 1.73 bits per heavy atom. The molecule has 0 aliphatic carbocycles. The molecule has 5 rings (SSSR count). The molecule has 8 nitrogen and oxygen atoms in total. The highest BCUT2D eigenvalue weighted by molar-refractivity contribution is 5.83. The first kappa shape index (κ1) is 21.8. The molecule has 0 bridgehead atoms. The zero-order valence-electron chi connectivity index (χ0n) is 19.2. The fraction of sp³-hybridized carbons (Fsp3) is 0.520. The molecular weight excluding hydrogens is 418 g/mol. The molecule has 1 spiro atoms. The van der Waals surface area contributed by atoms with Gasteiger partial charge in [-0.3, -0.25) is 9.59 Å². The van der Waals surface area contributed by atoms with E-state index in [0.29, 0.717) is 26.2 Å². The molecule has 8 heteroatoms. The second-order valence-corrected chi connectivity index (χ2v) is 9.78. The predicted molar refractivity (Wildman–Crippen MR) is 123 cm³/mol. The van der Waals surface area contributed by atoms with Crippen LogP contribution in [-0.4, -0.2) is 76.5 Å². The monoisotopic (exact) mass is 449 g/mol. The van der Waals surface area contributed by atoms with E-state index in [2.05, 4.69) is 21.8 Å². The number of likely N-dealkylation sites (tertiary alicyclic amines) is 1. The first-order valence-electron chi connectivity index (χ1n) is 11.7. The van der Waals surface area contributed by atoms with E-state index in [9.17, 15) is 9.59 Å². The van der Waals surface area contributed by atoms with E-state index < -0.39 is 11.0 Å². The van der Waals surface area contributed by atoms with Gasteiger partial charge < -0.3 is 19.4 Å². The number of aromatic nitrogens is 2. The molecule has 2 aromatic rings. The standard InChI is InChI=1S/C25H31N5O3/c1-24(8-13-28(14-9-24)23-26-11-5-12-27-23)22(32)29-15-10-25(18-29)19-30(21(31)17-33-25)16-20-6-3-2-4-7-20/h2-7,11-12H,8-10,13-19H2,1H3/t25-/m1/s1. The Balaban J connectivity index is 1.21. The highest BCUT2D eigenvalue weighted by Crippen LogP contribution is 2.38. The minimum atomic E-state index is -0.465. The van der Waals surface area contributed by atoms with Crippen LogP contribution < -0.4 is 4.90 Å². The number of carbonyl (C=O) groups excluding carboxylic acids is 2. The summed E-state index contributed by atoms with van der Waals surface area (Å²) in [7, 11) is 0. The Morgan fingerprint density at radius 1 is 1.00 bits per heavy atom. The summed E-state index contributed by atoms with van der Waals surface area (Å²) in [5, 5.41) is 0. The summed E-state index contributed by atoms with van der Waals surface area (Å²) >= 11 is 0. The predicted octanol–water partition coefficient (Wildman–Crippen LogP) is 2.11. The first-order valence-corrected chi connectivity index (χ1v) is 11.7. The number of amides is 2. The molecule has 1 atom stereocenters. The lowest BCUT2D eigenvalue weighted by molar-refractivity contribution is -0.164. The van der Waals surface area contributed by atoms with Crippen molar-refractivity contribution in [3.8, 4) is 0 Å². The largest absolute Gasteiger partial charge is 0.361 e. The van der Waals surface area contributed by atoms with Crippen molar-refractivity contribution in [2.75, 3.05) is 44.2 Å². The van der Waals surface area contributed by atoms with Crippen LogP contribution >= 0.6 is 0 Å². The maximum atomic E-state index is 13.6. The van der Waals surface area contributed by atoms with Crippen LogP contribution in [0.25, 0.3) is 0 Å². The maximum Gasteiger partial charge on any atom is 0.249 e. The van der Waals surface area contributed by atoms with E-state index >= 15 is 0 Å². The zero-order chi connectivity index (χ0) is 22.9. The number of hydrogen-bond donors (Lipinski definition) is 0. The minimum Gasteiger partial charge on any atom is -0.361 e. The summed E-state index contributed by atoms with van der Waals surface area (Å²) in [4.78, 5) is 40.8. The van der Waals surface area contributed by atoms with E-state index in [-0.39, 0.29) is 18.4 Å². The lowest BCUT2D eigenvalue weighted by Gasteiger charge is -2.42. The number of piperidine rings is 1. The van der Waals surface area contributed by atoms with Crippen LogP contribution in [-0.2, 0) is 20.9 Å². The number of benzene rings is 1. The summed E-state index contributed by atoms with van der Waals surface area (Å²) in [6.07, 6.45) is 5.80. The third-order valence-corrected chi connectivity index (χ3v) is 7.37. The fourth-order valence-corrected chi connectivity index (χ4v) is 5.25. The average Bonchev–Trinajstić information content (AvgIpc) is 3.26. The molecule has 1 aromatic heterocycles. The van der Waals surface area contributed by atoms with Gasteiger partial charge >= 0.3 is 0 Å². The molecule has 33 heavy (non-hydrogen) atoms. The van der Waals surface area contributed by atoms with Crippen molar-refractivity contribution in [3.63, 3.8) is 0 Å². The second kappa shape index (κ2) is 8.74. The second-order valence-electron chi connectivity index (χ2n) is 9.78. The number of anilines is 1. The van der Waals surface area contributed by atoms with Crippen molar-refractivity contribution in [2.24, 2.45) is 5.41 Å². The van der Waals surface area contributed by atoms with Crippen LogP contribution in [0.1, 0.15) is 31.7 Å². The molecule has 1 aromatic carbocycles. The van der Waals surface area contributed by atoms with Gasteiger partial charge in [0.1, 0.15) is 12.2 Å². The maximum absolute atomic E-state index is 13.6. The number of morpholine rings is 1. The smallest absolute Gasteiger partial charge is 0.249 e. The van der Waals surface area contributed by atoms with Gasteiger partial charge in [-0.25, -0.2) is 9.97 Å². The fourth-order valence-electron chi connectivity index (χ4n) is 5.25. The van der Waals surface area contributed by atoms with Crippen molar-refractivity contribution >= 4 is 17.8 Å². The SMILES string of the molecule is CC1(C(=O)N2CC[C@]3(CN(Cc4ccccc4)C(=O)CO3)C2)CCN(c2ncccn2)CC1. The van der Waals surface area contributed by atoms with E-state index in [4.69, 9.17) is 4.74 Å². The molecule has 0 unspecified atom stereocenters. The molecule has 3 saturated heterocycles. The zero-order valence-corrected chi connectivity index (χ0v) is 19.2. The van der Waals surface area contributed by atoms with Crippen LogP contribution in [0.2, 0.25) is 0 Å². The lowest BCUT2D eigenvalue weighted by atomic mass is 9.79. The van der Waals surface area contributed by atoms with Gasteiger partial charge in [0.05, 0.1) is 13.1 Å². The summed E-state index contributed by atoms with van der Waals surface area (Å²) in [6, 6.07) is 11.8. The molecule has 3 aliphatic heterocycles. The summed E-state index contributed by atoms with van der Waals surface area (Å²) < 4.78 is 6.07. The first-order chi connectivity index (χ1) is 16.0. The number of nitrogens with zero attached hydrogens (tertiary/aromatic N) is 5. The molecule has 174 valence electrons. The molecule has 2 amide bonds. The Hall–Kier alpha value is -3.00. The van der Waals surface area contributed by atoms with Crippen LogP contribution in [0.5, 0.6) is 0 Å². The van der Waals surface area contributed by atoms with Gasteiger partial charge in [-0.05, 0) is 30.9 Å². The van der Waals surface area contributed by atoms with Gasteiger partial charge in [0, 0.05) is 44.0 Å². The van der Waals surface area contributed by atoms with Gasteiger partial charge in [0.15, 0.2) is 0 Å². The third kappa shape index (κ3) is 4.44. The van der Waals surface area contributed by atoms with Gasteiger partial charge in [-0.15, -0.1) is 0 Å². The Labute approximate surface area is 194 Å². The van der Waals surface area contributed by atoms with E-state index in [0.717, 1.165) is 43.9 Å². The minimum absolute atomic E-state index is 0.0109. The van der Waals surface area contributed by atoms with Crippen LogP contribution in [0, 0.1) is 5.41 Å². The van der Waals surface area contributed by atoms with Gasteiger partial charge in [0.25, 0.3) is 0 Å². The molecule has 0 saturated carbocycles. The summed E-state index contributed by atoms with van der Waals surface area (Å²) in [6.45, 7) is 6.02. The van der Waals surface area contributed by atoms with E-state index in [1.807, 2.05) is 46.2 Å². The van der Waals surface area contributed by atoms with Crippen molar-refractivity contribution in [1.29, 1.82) is 0 Å². The lowest BCUT2D eigenvalue weighted by Crippen LogP contribution is -2.56. The molecular formula is C25H31N5O3. The van der Waals surface area contributed by atoms with E-state index in [1.165, 1.54) is 0 Å². The third-order valence-electron chi connectivity index (χ3n) is 7.37. The van der Waals surface area contributed by atoms with Crippen LogP contribution in [0.4, 0.5) is 5.95 Å². The number of ether oxygens (including phenoxy) is 1. The molecule has 0 radical (unpaired) electrons. The van der Waals surface area contributed by atoms with Gasteiger partial charge in [0.2, 0.25) is 17.8 Å². The van der Waals surface area contributed by atoms with Gasteiger partial charge in [-0.2, -0.15) is 0 Å². The van der Waals surface area contributed by atoms with Crippen molar-refractivity contribution < 1.29 is 14.3 Å². The number of rotatable bonds is 4. The van der Waals surface area contributed by atoms with E-state index in [1.54, 1.807) is 12.4 Å². The quantitative estimate of drug-likeness (QED) is 0.712. The average molecular weight is 450 g/mol. The highest BCUT2D eigenvalue weighted by atomic mass is 16.5. The van der Waals surface area contributed by atoms with Crippen molar-refractivity contribution in [2.45, 2.75) is 38.3 Å². The van der Waals surface area contributed by atoms with Crippen molar-refractivity contribution in [1.82, 2.24) is 19.8 Å². The number of carbonyl (C=O) groups is 2. The van der Waals surface area contributed by atoms with Crippen LogP contribution in [0.15, 0.2) is 48.8 Å². The molecule has 0 N–H and O–H groups in total. The van der Waals surface area contributed by atoms with Crippen molar-refractivity contribution in [3.05, 3.63) is 54.4 Å². The summed E-state index contributed by atoms with van der Waals surface area (Å²) in [5.41, 5.74) is 0.244. The Kier molecular flexibility index (Phi) is 5.78.